The molecule has 32 heavy (non-hydrogen) atoms. The normalized spacial score (nSPS) is 13.6. The van der Waals surface area contributed by atoms with E-state index in [1.54, 1.807) is 20.5 Å². The van der Waals surface area contributed by atoms with Crippen LogP contribution in [0.5, 0.6) is 0 Å². The maximum absolute atomic E-state index is 12.4. The standard InChI is InChI=1S/C26H24N4OS/c1-29-20-12-11-19(15-21(20)30(2)26(29)31)24-23(27-25(28-24)22-8-5-13-32-22)18-10-9-16-6-3-4-7-17(16)14-18/h5,8-15H,3-4,6-7H2,1-2H3,(H,27,28). The lowest BCUT2D eigenvalue weighted by molar-refractivity contribution is 0.686. The second-order valence-corrected chi connectivity index (χ2v) is 9.53. The van der Waals surface area contributed by atoms with Crippen molar-refractivity contribution in [1.29, 1.82) is 0 Å². The Labute approximate surface area is 190 Å². The van der Waals surface area contributed by atoms with Gasteiger partial charge in [-0.2, -0.15) is 0 Å². The molecular weight excluding hydrogens is 416 g/mol. The van der Waals surface area contributed by atoms with Gasteiger partial charge in [0.1, 0.15) is 5.82 Å². The summed E-state index contributed by atoms with van der Waals surface area (Å²) in [6.07, 6.45) is 4.84. The number of aryl methyl sites for hydroxylation is 4. The van der Waals surface area contributed by atoms with E-state index in [-0.39, 0.29) is 5.69 Å². The lowest BCUT2D eigenvalue weighted by Gasteiger charge is -2.16. The van der Waals surface area contributed by atoms with Gasteiger partial charge in [-0.15, -0.1) is 11.3 Å². The number of nitrogens with one attached hydrogen (secondary N) is 1. The van der Waals surface area contributed by atoms with Gasteiger partial charge in [0.25, 0.3) is 0 Å². The van der Waals surface area contributed by atoms with Crippen molar-refractivity contribution in [2.45, 2.75) is 25.7 Å². The van der Waals surface area contributed by atoms with E-state index in [1.807, 2.05) is 26.2 Å². The van der Waals surface area contributed by atoms with E-state index in [2.05, 4.69) is 46.8 Å². The Balaban J connectivity index is 1.56. The predicted molar refractivity (Wildman–Crippen MR) is 131 cm³/mol. The van der Waals surface area contributed by atoms with Crippen molar-refractivity contribution in [3.8, 4) is 33.2 Å². The van der Waals surface area contributed by atoms with Gasteiger partial charge in [0.15, 0.2) is 0 Å². The van der Waals surface area contributed by atoms with Crippen molar-refractivity contribution in [3.05, 3.63) is 75.5 Å². The van der Waals surface area contributed by atoms with E-state index < -0.39 is 0 Å². The highest BCUT2D eigenvalue weighted by molar-refractivity contribution is 7.13. The Morgan fingerprint density at radius 2 is 1.69 bits per heavy atom. The second kappa shape index (κ2) is 7.35. The van der Waals surface area contributed by atoms with E-state index in [1.165, 1.54) is 30.4 Å². The van der Waals surface area contributed by atoms with E-state index in [9.17, 15) is 4.79 Å². The monoisotopic (exact) mass is 440 g/mol. The Bertz CT molecular complexity index is 1520. The van der Waals surface area contributed by atoms with Crippen molar-refractivity contribution in [3.63, 3.8) is 0 Å². The van der Waals surface area contributed by atoms with Crippen LogP contribution in [-0.2, 0) is 26.9 Å². The highest BCUT2D eigenvalue weighted by Gasteiger charge is 2.19. The number of aromatic amines is 1. The molecule has 0 saturated carbocycles. The molecule has 1 aliphatic rings. The number of hydrogen-bond acceptors (Lipinski definition) is 3. The minimum absolute atomic E-state index is 0.0176. The number of benzene rings is 2. The molecule has 0 saturated heterocycles. The van der Waals surface area contributed by atoms with Crippen LogP contribution in [0.2, 0.25) is 0 Å². The lowest BCUT2D eigenvalue weighted by atomic mass is 9.89. The summed E-state index contributed by atoms with van der Waals surface area (Å²) in [6, 6.07) is 17.1. The maximum Gasteiger partial charge on any atom is 0.328 e. The van der Waals surface area contributed by atoms with Gasteiger partial charge >= 0.3 is 5.69 Å². The summed E-state index contributed by atoms with van der Waals surface area (Å²) in [7, 11) is 3.64. The first kappa shape index (κ1) is 19.3. The van der Waals surface area contributed by atoms with Gasteiger partial charge in [-0.1, -0.05) is 24.3 Å². The average Bonchev–Trinajstić information content (AvgIpc) is 3.56. The molecule has 0 aliphatic heterocycles. The topological polar surface area (TPSA) is 55.6 Å². The molecule has 2 aromatic carbocycles. The summed E-state index contributed by atoms with van der Waals surface area (Å²) in [6.45, 7) is 0. The smallest absolute Gasteiger partial charge is 0.328 e. The van der Waals surface area contributed by atoms with Gasteiger partial charge in [0.05, 0.1) is 27.3 Å². The largest absolute Gasteiger partial charge is 0.337 e. The van der Waals surface area contributed by atoms with E-state index in [0.29, 0.717) is 0 Å². The molecule has 0 amide bonds. The van der Waals surface area contributed by atoms with Crippen LogP contribution >= 0.6 is 11.3 Å². The number of nitrogens with zero attached hydrogens (tertiary/aromatic N) is 3. The van der Waals surface area contributed by atoms with Gasteiger partial charge in [-0.3, -0.25) is 9.13 Å². The van der Waals surface area contributed by atoms with Gasteiger partial charge in [-0.25, -0.2) is 9.78 Å². The third-order valence-electron chi connectivity index (χ3n) is 6.64. The lowest BCUT2D eigenvalue weighted by Crippen LogP contribution is -2.19. The summed E-state index contributed by atoms with van der Waals surface area (Å²) >= 11 is 1.68. The molecule has 1 aliphatic carbocycles. The highest BCUT2D eigenvalue weighted by atomic mass is 32.1. The summed E-state index contributed by atoms with van der Waals surface area (Å²) in [5, 5.41) is 2.07. The van der Waals surface area contributed by atoms with Gasteiger partial charge in [0.2, 0.25) is 0 Å². The van der Waals surface area contributed by atoms with Crippen LogP contribution in [0.25, 0.3) is 44.2 Å². The fourth-order valence-corrected chi connectivity index (χ4v) is 5.53. The first-order valence-corrected chi connectivity index (χ1v) is 11.9. The molecule has 5 nitrogen and oxygen atoms in total. The Kier molecular flexibility index (Phi) is 4.43. The molecule has 0 fully saturated rings. The van der Waals surface area contributed by atoms with Crippen molar-refractivity contribution >= 4 is 22.4 Å². The fourth-order valence-electron chi connectivity index (χ4n) is 4.86. The Morgan fingerprint density at radius 3 is 2.50 bits per heavy atom. The van der Waals surface area contributed by atoms with Crippen LogP contribution in [-0.4, -0.2) is 19.1 Å². The van der Waals surface area contributed by atoms with Crippen molar-refractivity contribution in [1.82, 2.24) is 19.1 Å². The molecule has 0 unspecified atom stereocenters. The summed E-state index contributed by atoms with van der Waals surface area (Å²) in [5.41, 5.74) is 8.86. The molecular formula is C26H24N4OS. The first-order chi connectivity index (χ1) is 15.6. The van der Waals surface area contributed by atoms with Crippen LogP contribution < -0.4 is 5.69 Å². The number of rotatable bonds is 3. The fraction of sp³-hybridized carbons (Fsp3) is 0.231. The summed E-state index contributed by atoms with van der Waals surface area (Å²) in [4.78, 5) is 22.2. The van der Waals surface area contributed by atoms with Gasteiger partial charge in [-0.05, 0) is 66.5 Å². The van der Waals surface area contributed by atoms with Crippen LogP contribution in [0.4, 0.5) is 0 Å². The summed E-state index contributed by atoms with van der Waals surface area (Å²) < 4.78 is 3.39. The zero-order chi connectivity index (χ0) is 21.8. The third-order valence-corrected chi connectivity index (χ3v) is 7.52. The van der Waals surface area contributed by atoms with Gasteiger partial charge < -0.3 is 4.98 Å². The first-order valence-electron chi connectivity index (χ1n) is 11.0. The molecule has 0 radical (unpaired) electrons. The van der Waals surface area contributed by atoms with E-state index >= 15 is 0 Å². The predicted octanol–water partition coefficient (Wildman–Crippen LogP) is 5.54. The minimum atomic E-state index is -0.0176. The zero-order valence-electron chi connectivity index (χ0n) is 18.2. The molecule has 160 valence electrons. The second-order valence-electron chi connectivity index (χ2n) is 8.58. The molecule has 6 heteroatoms. The third kappa shape index (κ3) is 2.98. The van der Waals surface area contributed by atoms with Crippen molar-refractivity contribution in [2.24, 2.45) is 14.1 Å². The molecule has 3 heterocycles. The molecule has 0 atom stereocenters. The zero-order valence-corrected chi connectivity index (χ0v) is 19.0. The molecule has 3 aromatic heterocycles. The minimum Gasteiger partial charge on any atom is -0.337 e. The van der Waals surface area contributed by atoms with Crippen LogP contribution in [0.1, 0.15) is 24.0 Å². The molecule has 0 spiro atoms. The van der Waals surface area contributed by atoms with Crippen LogP contribution in [0, 0.1) is 0 Å². The highest BCUT2D eigenvalue weighted by Crippen LogP contribution is 2.36. The SMILES string of the molecule is Cn1c(=O)n(C)c2cc(-c3[nH]c(-c4cccs4)nc3-c3ccc4c(c3)CCCC4)ccc21. The van der Waals surface area contributed by atoms with E-state index in [0.717, 1.165) is 50.7 Å². The van der Waals surface area contributed by atoms with E-state index in [4.69, 9.17) is 4.98 Å². The number of hydrogen-bond donors (Lipinski definition) is 1. The number of aromatic nitrogens is 4. The van der Waals surface area contributed by atoms with Crippen LogP contribution in [0.15, 0.2) is 58.7 Å². The average molecular weight is 441 g/mol. The Hall–Kier alpha value is -3.38. The number of H-pyrrole nitrogens is 1. The maximum atomic E-state index is 12.4. The molecule has 5 aromatic rings. The Morgan fingerprint density at radius 1 is 0.906 bits per heavy atom. The van der Waals surface area contributed by atoms with Gasteiger partial charge in [0, 0.05) is 25.2 Å². The summed E-state index contributed by atoms with van der Waals surface area (Å²) in [5.74, 6) is 0.879. The van der Waals surface area contributed by atoms with Crippen molar-refractivity contribution < 1.29 is 0 Å². The number of imidazole rings is 2. The molecule has 0 bridgehead atoms. The quantitative estimate of drug-likeness (QED) is 0.400. The van der Waals surface area contributed by atoms with Crippen LogP contribution in [0.3, 0.4) is 0 Å². The molecule has 6 rings (SSSR count). The number of fused-ring (bicyclic) bond motifs is 2. The molecule has 1 N–H and O–H groups in total. The van der Waals surface area contributed by atoms with Crippen molar-refractivity contribution in [2.75, 3.05) is 0 Å². The number of thiophene rings is 1.